The highest BCUT2D eigenvalue weighted by molar-refractivity contribution is 5.83. The van der Waals surface area contributed by atoms with E-state index in [4.69, 9.17) is 4.84 Å². The Kier molecular flexibility index (Phi) is 4.03. The molecule has 17 heavy (non-hydrogen) atoms. The lowest BCUT2D eigenvalue weighted by atomic mass is 9.86. The first-order valence-corrected chi connectivity index (χ1v) is 5.82. The molecule has 0 spiro atoms. The summed E-state index contributed by atoms with van der Waals surface area (Å²) in [7, 11) is 1.73. The molecule has 0 aliphatic carbocycles. The molecule has 1 aliphatic heterocycles. The fourth-order valence-electron chi connectivity index (χ4n) is 2.50. The number of hydroxylamine groups is 3. The fraction of sp³-hybridized carbons (Fsp3) is 0.750. The highest BCUT2D eigenvalue weighted by Crippen LogP contribution is 2.30. The van der Waals surface area contributed by atoms with Crippen LogP contribution in [0, 0.1) is 5.92 Å². The summed E-state index contributed by atoms with van der Waals surface area (Å²) in [4.78, 5) is 39.4. The molecule has 0 bridgehead atoms. The summed E-state index contributed by atoms with van der Waals surface area (Å²) in [6, 6.07) is -0.429. The van der Waals surface area contributed by atoms with Crippen LogP contribution < -0.4 is 0 Å². The largest absolute Gasteiger partial charge is 0.363 e. The van der Waals surface area contributed by atoms with Crippen LogP contribution in [0.2, 0.25) is 0 Å². The third-order valence-electron chi connectivity index (χ3n) is 3.47. The van der Waals surface area contributed by atoms with Crippen molar-refractivity contribution in [3.63, 3.8) is 0 Å². The van der Waals surface area contributed by atoms with Gasteiger partial charge in [-0.15, -0.1) is 4.65 Å². The molecular formula is C12H20NO4+. The van der Waals surface area contributed by atoms with Crippen LogP contribution in [-0.2, 0) is 19.2 Å². The van der Waals surface area contributed by atoms with E-state index in [1.165, 1.54) is 13.8 Å². The number of likely N-dealkylation sites (tertiary alicyclic amines) is 1. The number of piperidine rings is 1. The molecule has 5 nitrogen and oxygen atoms in total. The molecule has 1 saturated heterocycles. The molecule has 0 N–H and O–H groups in total. The van der Waals surface area contributed by atoms with Gasteiger partial charge in [-0.1, -0.05) is 0 Å². The lowest BCUT2D eigenvalue weighted by Crippen LogP contribution is -2.60. The Morgan fingerprint density at radius 1 is 1.12 bits per heavy atom. The molecule has 5 heteroatoms. The van der Waals surface area contributed by atoms with E-state index in [-0.39, 0.29) is 22.1 Å². The molecule has 0 amide bonds. The van der Waals surface area contributed by atoms with Crippen LogP contribution in [0.4, 0.5) is 0 Å². The number of rotatable bonds is 3. The standard InChI is InChI=1S/C12H20NO4/c1-8(14)11-5-6-13(4,17-10(3)16)12(7-11)9(2)15/h11-12H,5-7H2,1-4H3/q+1. The van der Waals surface area contributed by atoms with Gasteiger partial charge in [0.25, 0.3) is 0 Å². The van der Waals surface area contributed by atoms with Crippen molar-refractivity contribution in [2.24, 2.45) is 5.92 Å². The highest BCUT2D eigenvalue weighted by atomic mass is 16.7. The summed E-state index contributed by atoms with van der Waals surface area (Å²) >= 11 is 0. The second-order valence-electron chi connectivity index (χ2n) is 4.94. The zero-order valence-corrected chi connectivity index (χ0v) is 10.9. The van der Waals surface area contributed by atoms with E-state index in [0.29, 0.717) is 19.4 Å². The number of carbonyl (C=O) groups is 3. The maximum Gasteiger partial charge on any atom is 0.363 e. The minimum atomic E-state index is -0.429. The van der Waals surface area contributed by atoms with Crippen molar-refractivity contribution in [3.8, 4) is 0 Å². The zero-order valence-electron chi connectivity index (χ0n) is 10.9. The molecule has 0 aromatic carbocycles. The maximum atomic E-state index is 11.6. The summed E-state index contributed by atoms with van der Waals surface area (Å²) in [6.45, 7) is 4.86. The summed E-state index contributed by atoms with van der Waals surface area (Å²) in [5.41, 5.74) is 0. The molecule has 1 heterocycles. The van der Waals surface area contributed by atoms with E-state index < -0.39 is 12.0 Å². The maximum absolute atomic E-state index is 11.6. The van der Waals surface area contributed by atoms with Gasteiger partial charge in [0, 0.05) is 32.6 Å². The number of hydrogen-bond acceptors (Lipinski definition) is 4. The second kappa shape index (κ2) is 4.96. The van der Waals surface area contributed by atoms with Crippen LogP contribution in [0.3, 0.4) is 0 Å². The van der Waals surface area contributed by atoms with Crippen LogP contribution in [0.25, 0.3) is 0 Å². The van der Waals surface area contributed by atoms with Crippen molar-refractivity contribution in [3.05, 3.63) is 0 Å². The normalized spacial score (nSPS) is 32.9. The summed E-state index contributed by atoms with van der Waals surface area (Å²) < 4.78 is -0.0333. The van der Waals surface area contributed by atoms with Gasteiger partial charge in [-0.25, -0.2) is 4.79 Å². The van der Waals surface area contributed by atoms with Gasteiger partial charge in [-0.05, 0) is 6.92 Å². The predicted molar refractivity (Wildman–Crippen MR) is 60.7 cm³/mol. The van der Waals surface area contributed by atoms with Crippen LogP contribution in [0.15, 0.2) is 0 Å². The first-order valence-electron chi connectivity index (χ1n) is 5.82. The van der Waals surface area contributed by atoms with E-state index in [0.717, 1.165) is 0 Å². The number of nitrogens with zero attached hydrogens (tertiary/aromatic N) is 1. The number of Topliss-reactive ketones (excluding diaryl/α,β-unsaturated/α-hetero) is 2. The number of likely N-dealkylation sites (N-methyl/N-ethyl adjacent to an activating group) is 1. The molecule has 1 fully saturated rings. The molecule has 3 atom stereocenters. The van der Waals surface area contributed by atoms with Crippen molar-refractivity contribution in [2.75, 3.05) is 13.6 Å². The first-order chi connectivity index (χ1) is 7.76. The van der Waals surface area contributed by atoms with Crippen LogP contribution in [-0.4, -0.2) is 41.8 Å². The third-order valence-corrected chi connectivity index (χ3v) is 3.47. The summed E-state index contributed by atoms with van der Waals surface area (Å²) in [5, 5.41) is 0. The van der Waals surface area contributed by atoms with Crippen LogP contribution in [0.5, 0.6) is 0 Å². The molecule has 0 aromatic heterocycles. The Balaban J connectivity index is 2.89. The molecule has 96 valence electrons. The minimum absolute atomic E-state index is 0.0333. The van der Waals surface area contributed by atoms with Gasteiger partial charge in [-0.3, -0.25) is 14.4 Å². The lowest BCUT2D eigenvalue weighted by Gasteiger charge is -2.41. The molecule has 1 rings (SSSR count). The average Bonchev–Trinajstić information content (AvgIpc) is 2.15. The molecule has 0 saturated carbocycles. The van der Waals surface area contributed by atoms with Crippen molar-refractivity contribution in [1.29, 1.82) is 0 Å². The first kappa shape index (κ1) is 13.8. The molecular weight excluding hydrogens is 222 g/mol. The second-order valence-corrected chi connectivity index (χ2v) is 4.94. The summed E-state index contributed by atoms with van der Waals surface area (Å²) in [5.74, 6) is -0.435. The molecule has 1 aliphatic rings. The van der Waals surface area contributed by atoms with E-state index in [9.17, 15) is 14.4 Å². The van der Waals surface area contributed by atoms with Crippen molar-refractivity contribution >= 4 is 17.5 Å². The van der Waals surface area contributed by atoms with Crippen LogP contribution in [0.1, 0.15) is 33.6 Å². The van der Waals surface area contributed by atoms with E-state index in [2.05, 4.69) is 0 Å². The van der Waals surface area contributed by atoms with Gasteiger partial charge in [0.2, 0.25) is 0 Å². The predicted octanol–water partition coefficient (Wildman–Crippen LogP) is 0.868. The SMILES string of the molecule is CC(=O)O[N+]1(C)CCC(C(C)=O)CC1C(C)=O. The molecule has 0 aromatic rings. The Hall–Kier alpha value is -1.23. The van der Waals surface area contributed by atoms with Gasteiger partial charge >= 0.3 is 5.97 Å². The number of hydrogen-bond donors (Lipinski definition) is 0. The van der Waals surface area contributed by atoms with Crippen LogP contribution >= 0.6 is 0 Å². The van der Waals surface area contributed by atoms with Crippen molar-refractivity contribution in [1.82, 2.24) is 0 Å². The number of quaternary nitrogens is 1. The number of carbonyl (C=O) groups excluding carboxylic acids is 3. The van der Waals surface area contributed by atoms with Gasteiger partial charge in [0.05, 0.1) is 0 Å². The molecule has 3 unspecified atom stereocenters. The Morgan fingerprint density at radius 3 is 2.12 bits per heavy atom. The van der Waals surface area contributed by atoms with Gasteiger partial charge in [0.1, 0.15) is 19.4 Å². The lowest BCUT2D eigenvalue weighted by molar-refractivity contribution is -1.09. The van der Waals surface area contributed by atoms with Gasteiger partial charge in [0.15, 0.2) is 11.8 Å². The number of ketones is 2. The Bertz CT molecular complexity index is 352. The smallest absolute Gasteiger partial charge is 0.300 e. The fourth-order valence-corrected chi connectivity index (χ4v) is 2.50. The monoisotopic (exact) mass is 242 g/mol. The van der Waals surface area contributed by atoms with Gasteiger partial charge < -0.3 is 0 Å². The van der Waals surface area contributed by atoms with E-state index in [1.54, 1.807) is 14.0 Å². The van der Waals surface area contributed by atoms with E-state index in [1.807, 2.05) is 0 Å². The third kappa shape index (κ3) is 3.12. The quantitative estimate of drug-likeness (QED) is 0.689. The average molecular weight is 242 g/mol. The topological polar surface area (TPSA) is 60.4 Å². The summed E-state index contributed by atoms with van der Waals surface area (Å²) in [6.07, 6.45) is 1.12. The Labute approximate surface area is 101 Å². The minimum Gasteiger partial charge on any atom is -0.300 e. The highest BCUT2D eigenvalue weighted by Gasteiger charge is 2.46. The zero-order chi connectivity index (χ0) is 13.2. The van der Waals surface area contributed by atoms with Crippen molar-refractivity contribution in [2.45, 2.75) is 39.7 Å². The van der Waals surface area contributed by atoms with Crippen molar-refractivity contribution < 1.29 is 23.9 Å². The Morgan fingerprint density at radius 2 is 1.71 bits per heavy atom. The van der Waals surface area contributed by atoms with Gasteiger partial charge in [-0.2, -0.15) is 0 Å². The molecule has 0 radical (unpaired) electrons. The van der Waals surface area contributed by atoms with E-state index >= 15 is 0 Å².